The molecule has 0 spiro atoms. The van der Waals surface area contributed by atoms with E-state index in [0.717, 1.165) is 6.42 Å². The molecule has 88 valence electrons. The Morgan fingerprint density at radius 1 is 0.600 bits per heavy atom. The molecule has 0 fully saturated rings. The first-order valence-electron chi connectivity index (χ1n) is 6.71. The highest BCUT2D eigenvalue weighted by atomic mass is 13.9. The molecule has 0 heterocycles. The quantitative estimate of drug-likeness (QED) is 0.321. The second-order valence-electron chi connectivity index (χ2n) is 4.17. The van der Waals surface area contributed by atoms with Gasteiger partial charge in [-0.25, -0.2) is 0 Å². The Balaban J connectivity index is 3.10. The van der Waals surface area contributed by atoms with Crippen LogP contribution in [-0.4, -0.2) is 0 Å². The summed E-state index contributed by atoms with van der Waals surface area (Å²) in [5.41, 5.74) is 0. The first-order chi connectivity index (χ1) is 7.41. The minimum Gasteiger partial charge on any atom is -0.0882 e. The van der Waals surface area contributed by atoms with E-state index in [1.807, 2.05) is 0 Å². The fourth-order valence-corrected chi connectivity index (χ4v) is 1.54. The van der Waals surface area contributed by atoms with Crippen LogP contribution < -0.4 is 0 Å². The predicted molar refractivity (Wildman–Crippen MR) is 71.2 cm³/mol. The van der Waals surface area contributed by atoms with Crippen LogP contribution in [0.3, 0.4) is 0 Å². The van der Waals surface area contributed by atoms with Crippen molar-refractivity contribution in [2.45, 2.75) is 71.6 Å². The van der Waals surface area contributed by atoms with Crippen molar-refractivity contribution in [3.05, 3.63) is 24.3 Å². The van der Waals surface area contributed by atoms with Gasteiger partial charge in [-0.2, -0.15) is 0 Å². The third-order valence-corrected chi connectivity index (χ3v) is 2.54. The molecule has 0 N–H and O–H groups in total. The van der Waals surface area contributed by atoms with E-state index in [9.17, 15) is 0 Å². The van der Waals surface area contributed by atoms with E-state index >= 15 is 0 Å². The Morgan fingerprint density at radius 2 is 1.27 bits per heavy atom. The summed E-state index contributed by atoms with van der Waals surface area (Å²) in [6.45, 7) is 4.49. The van der Waals surface area contributed by atoms with E-state index in [2.05, 4.69) is 38.2 Å². The van der Waals surface area contributed by atoms with Crippen LogP contribution in [0.15, 0.2) is 24.3 Å². The smallest absolute Gasteiger partial charge is 0.0169 e. The average Bonchev–Trinajstić information content (AvgIpc) is 2.26. The van der Waals surface area contributed by atoms with Gasteiger partial charge in [-0.3, -0.25) is 0 Å². The zero-order chi connectivity index (χ0) is 11.2. The molecule has 0 unspecified atom stereocenters. The maximum absolute atomic E-state index is 2.34. The summed E-state index contributed by atoms with van der Waals surface area (Å²) in [6, 6.07) is 0. The SMILES string of the molecule is CCC/C=C\CC=CCCCCCCC. The molecule has 15 heavy (non-hydrogen) atoms. The van der Waals surface area contributed by atoms with Crippen molar-refractivity contribution in [2.75, 3.05) is 0 Å². The van der Waals surface area contributed by atoms with Crippen LogP contribution in [0.1, 0.15) is 71.6 Å². The van der Waals surface area contributed by atoms with Gasteiger partial charge in [-0.15, -0.1) is 0 Å². The van der Waals surface area contributed by atoms with Gasteiger partial charge < -0.3 is 0 Å². The fraction of sp³-hybridized carbons (Fsp3) is 0.733. The van der Waals surface area contributed by atoms with Crippen LogP contribution in [0.5, 0.6) is 0 Å². The molecular formula is C15H28. The molecule has 0 radical (unpaired) electrons. The molecular weight excluding hydrogens is 180 g/mol. The number of allylic oxidation sites excluding steroid dienone is 4. The summed E-state index contributed by atoms with van der Waals surface area (Å²) in [5, 5.41) is 0. The van der Waals surface area contributed by atoms with Gasteiger partial charge in [0, 0.05) is 0 Å². The summed E-state index contributed by atoms with van der Waals surface area (Å²) in [4.78, 5) is 0. The molecule has 0 amide bonds. The third kappa shape index (κ3) is 13.5. The van der Waals surface area contributed by atoms with Gasteiger partial charge in [-0.05, 0) is 25.7 Å². The summed E-state index contributed by atoms with van der Waals surface area (Å²) >= 11 is 0. The molecule has 0 aromatic heterocycles. The van der Waals surface area contributed by atoms with Crippen molar-refractivity contribution < 1.29 is 0 Å². The number of rotatable bonds is 10. The van der Waals surface area contributed by atoms with Gasteiger partial charge >= 0.3 is 0 Å². The number of unbranched alkanes of at least 4 members (excludes halogenated alkanes) is 6. The number of hydrogen-bond acceptors (Lipinski definition) is 0. The average molecular weight is 208 g/mol. The van der Waals surface area contributed by atoms with Crippen molar-refractivity contribution in [2.24, 2.45) is 0 Å². The summed E-state index contributed by atoms with van der Waals surface area (Å²) in [6.07, 6.45) is 21.0. The lowest BCUT2D eigenvalue weighted by Gasteiger charge is -1.95. The summed E-state index contributed by atoms with van der Waals surface area (Å²) in [5.74, 6) is 0. The molecule has 0 aliphatic heterocycles. The molecule has 0 saturated carbocycles. The van der Waals surface area contributed by atoms with E-state index in [4.69, 9.17) is 0 Å². The van der Waals surface area contributed by atoms with Gasteiger partial charge in [0.05, 0.1) is 0 Å². The molecule has 0 nitrogen and oxygen atoms in total. The molecule has 0 saturated heterocycles. The van der Waals surface area contributed by atoms with Gasteiger partial charge in [0.2, 0.25) is 0 Å². The lowest BCUT2D eigenvalue weighted by atomic mass is 10.1. The maximum atomic E-state index is 2.34. The van der Waals surface area contributed by atoms with E-state index in [-0.39, 0.29) is 0 Å². The first-order valence-corrected chi connectivity index (χ1v) is 6.71. The number of hydrogen-bond donors (Lipinski definition) is 0. The van der Waals surface area contributed by atoms with Crippen LogP contribution >= 0.6 is 0 Å². The van der Waals surface area contributed by atoms with Gasteiger partial charge in [-0.1, -0.05) is 70.3 Å². The molecule has 0 aliphatic rings. The van der Waals surface area contributed by atoms with Crippen LogP contribution in [-0.2, 0) is 0 Å². The van der Waals surface area contributed by atoms with E-state index in [0.29, 0.717) is 0 Å². The maximum Gasteiger partial charge on any atom is -0.0169 e. The standard InChI is InChI=1S/C15H28/c1-3-5-7-9-11-13-15-14-12-10-8-6-4-2/h7,9,13,15H,3-6,8,10-12,14H2,1-2H3/b9-7-,15-13?. The minimum absolute atomic E-state index is 1.12. The van der Waals surface area contributed by atoms with Gasteiger partial charge in [0.15, 0.2) is 0 Å². The highest BCUT2D eigenvalue weighted by Crippen LogP contribution is 2.05. The zero-order valence-electron chi connectivity index (χ0n) is 10.7. The zero-order valence-corrected chi connectivity index (χ0v) is 10.7. The highest BCUT2D eigenvalue weighted by molar-refractivity contribution is 4.92. The Kier molecular flexibility index (Phi) is 13.0. The summed E-state index contributed by atoms with van der Waals surface area (Å²) < 4.78 is 0. The van der Waals surface area contributed by atoms with Crippen LogP contribution in [0.2, 0.25) is 0 Å². The lowest BCUT2D eigenvalue weighted by molar-refractivity contribution is 0.637. The second kappa shape index (κ2) is 13.5. The normalized spacial score (nSPS) is 11.9. The second-order valence-corrected chi connectivity index (χ2v) is 4.17. The molecule has 0 aromatic rings. The predicted octanol–water partition coefficient (Wildman–Crippen LogP) is 5.65. The lowest BCUT2D eigenvalue weighted by Crippen LogP contribution is -1.75. The van der Waals surface area contributed by atoms with Crippen molar-refractivity contribution in [1.29, 1.82) is 0 Å². The molecule has 0 heteroatoms. The monoisotopic (exact) mass is 208 g/mol. The highest BCUT2D eigenvalue weighted by Gasteiger charge is 1.85. The molecule has 0 rings (SSSR count). The summed E-state index contributed by atoms with van der Waals surface area (Å²) in [7, 11) is 0. The molecule has 0 bridgehead atoms. The Bertz CT molecular complexity index is 153. The van der Waals surface area contributed by atoms with Crippen molar-refractivity contribution >= 4 is 0 Å². The Labute approximate surface area is 96.5 Å². The van der Waals surface area contributed by atoms with Crippen LogP contribution in [0.25, 0.3) is 0 Å². The largest absolute Gasteiger partial charge is 0.0882 e. The Morgan fingerprint density at radius 3 is 1.93 bits per heavy atom. The van der Waals surface area contributed by atoms with Crippen LogP contribution in [0, 0.1) is 0 Å². The third-order valence-electron chi connectivity index (χ3n) is 2.54. The van der Waals surface area contributed by atoms with Gasteiger partial charge in [0.1, 0.15) is 0 Å². The topological polar surface area (TPSA) is 0 Å². The molecule has 0 atom stereocenters. The van der Waals surface area contributed by atoms with E-state index < -0.39 is 0 Å². The Hall–Kier alpha value is -0.520. The van der Waals surface area contributed by atoms with E-state index in [1.165, 1.54) is 51.4 Å². The van der Waals surface area contributed by atoms with Crippen molar-refractivity contribution in [3.8, 4) is 0 Å². The van der Waals surface area contributed by atoms with Crippen LogP contribution in [0.4, 0.5) is 0 Å². The van der Waals surface area contributed by atoms with E-state index in [1.54, 1.807) is 0 Å². The molecule has 0 aliphatic carbocycles. The van der Waals surface area contributed by atoms with Crippen molar-refractivity contribution in [1.82, 2.24) is 0 Å². The van der Waals surface area contributed by atoms with Crippen molar-refractivity contribution in [3.63, 3.8) is 0 Å². The van der Waals surface area contributed by atoms with Gasteiger partial charge in [0.25, 0.3) is 0 Å². The fourth-order valence-electron chi connectivity index (χ4n) is 1.54. The first kappa shape index (κ1) is 14.5. The minimum atomic E-state index is 1.12. The molecule has 0 aromatic carbocycles.